The number of carbonyl (C=O) groups excluding carboxylic acids is 2. The van der Waals surface area contributed by atoms with Crippen LogP contribution in [0.15, 0.2) is 47.5 Å². The van der Waals surface area contributed by atoms with Gasteiger partial charge in [0.25, 0.3) is 0 Å². The van der Waals surface area contributed by atoms with Gasteiger partial charge < -0.3 is 5.32 Å². The van der Waals surface area contributed by atoms with Crippen LogP contribution in [-0.2, 0) is 9.59 Å². The van der Waals surface area contributed by atoms with Gasteiger partial charge in [0.15, 0.2) is 5.17 Å². The molecule has 0 bridgehead atoms. The van der Waals surface area contributed by atoms with Crippen LogP contribution in [0.3, 0.4) is 0 Å². The monoisotopic (exact) mass is 424 g/mol. The molecule has 1 aliphatic rings. The molecule has 0 aliphatic carbocycles. The number of carbonyl (C=O) groups is 2. The van der Waals surface area contributed by atoms with Gasteiger partial charge in [0, 0.05) is 19.2 Å². The van der Waals surface area contributed by atoms with Gasteiger partial charge >= 0.3 is 0 Å². The third-order valence-corrected chi connectivity index (χ3v) is 6.80. The fourth-order valence-electron chi connectivity index (χ4n) is 3.11. The van der Waals surface area contributed by atoms with E-state index in [-0.39, 0.29) is 18.2 Å². The molecule has 0 spiro atoms. The van der Waals surface area contributed by atoms with Crippen molar-refractivity contribution in [3.8, 4) is 0 Å². The van der Waals surface area contributed by atoms with E-state index in [4.69, 9.17) is 0 Å². The summed E-state index contributed by atoms with van der Waals surface area (Å²) in [6.45, 7) is 3.96. The Morgan fingerprint density at radius 2 is 2.03 bits per heavy atom. The number of aryl methyl sites for hydroxylation is 2. The molecule has 1 atom stereocenters. The highest BCUT2D eigenvalue weighted by Crippen LogP contribution is 2.33. The molecule has 0 saturated carbocycles. The van der Waals surface area contributed by atoms with Crippen LogP contribution in [0, 0.1) is 13.8 Å². The Kier molecular flexibility index (Phi) is 5.38. The van der Waals surface area contributed by atoms with Crippen molar-refractivity contribution in [2.45, 2.75) is 25.5 Å². The molecule has 1 saturated heterocycles. The van der Waals surface area contributed by atoms with E-state index in [2.05, 4.69) is 15.3 Å². The number of amides is 2. The number of thioether (sulfide) groups is 1. The van der Waals surface area contributed by atoms with Crippen molar-refractivity contribution in [1.82, 2.24) is 9.88 Å². The predicted molar refractivity (Wildman–Crippen MR) is 120 cm³/mol. The second-order valence-electron chi connectivity index (χ2n) is 6.93. The van der Waals surface area contributed by atoms with Crippen LogP contribution in [0.4, 0.5) is 10.8 Å². The Morgan fingerprint density at radius 3 is 2.79 bits per heavy atom. The summed E-state index contributed by atoms with van der Waals surface area (Å²) in [5, 5.41) is 3.59. The van der Waals surface area contributed by atoms with E-state index >= 15 is 0 Å². The lowest BCUT2D eigenvalue weighted by atomic mass is 10.1. The van der Waals surface area contributed by atoms with Crippen LogP contribution in [0.2, 0.25) is 0 Å². The van der Waals surface area contributed by atoms with Crippen molar-refractivity contribution in [2.24, 2.45) is 4.99 Å². The number of nitrogens with zero attached hydrogens (tertiary/aromatic N) is 3. The third kappa shape index (κ3) is 4.18. The SMILES string of the molecule is Cc1ccc(NC(=O)C[C@H]2SC(=Nc3nc4ccccc4s3)N(C)C2=O)c(C)c1. The molecule has 4 rings (SSSR count). The normalized spacial score (nSPS) is 18.0. The minimum absolute atomic E-state index is 0.0972. The second kappa shape index (κ2) is 7.96. The van der Waals surface area contributed by atoms with Gasteiger partial charge in [-0.25, -0.2) is 4.98 Å². The summed E-state index contributed by atoms with van der Waals surface area (Å²) in [6, 6.07) is 13.7. The zero-order valence-electron chi connectivity index (χ0n) is 16.3. The van der Waals surface area contributed by atoms with Crippen molar-refractivity contribution in [1.29, 1.82) is 0 Å². The average molecular weight is 425 g/mol. The number of thiazole rings is 1. The first-order chi connectivity index (χ1) is 13.9. The van der Waals surface area contributed by atoms with E-state index in [1.165, 1.54) is 28.0 Å². The van der Waals surface area contributed by atoms with Crippen LogP contribution < -0.4 is 5.32 Å². The van der Waals surface area contributed by atoms with Gasteiger partial charge in [0.2, 0.25) is 16.9 Å². The first kappa shape index (κ1) is 19.6. The summed E-state index contributed by atoms with van der Waals surface area (Å²) in [5.41, 5.74) is 3.80. The molecule has 148 valence electrons. The summed E-state index contributed by atoms with van der Waals surface area (Å²) >= 11 is 2.79. The van der Waals surface area contributed by atoms with Gasteiger partial charge in [0.05, 0.1) is 10.2 Å². The summed E-state index contributed by atoms with van der Waals surface area (Å²) in [6.07, 6.45) is 0.0972. The molecular formula is C21H20N4O2S2. The van der Waals surface area contributed by atoms with Crippen molar-refractivity contribution < 1.29 is 9.59 Å². The molecule has 2 aromatic carbocycles. The van der Waals surface area contributed by atoms with E-state index in [0.29, 0.717) is 10.3 Å². The molecular weight excluding hydrogens is 404 g/mol. The molecule has 3 aromatic rings. The predicted octanol–water partition coefficient (Wildman–Crippen LogP) is 4.50. The topological polar surface area (TPSA) is 74.7 Å². The number of hydrogen-bond donors (Lipinski definition) is 1. The van der Waals surface area contributed by atoms with Crippen LogP contribution in [0.1, 0.15) is 17.5 Å². The maximum Gasteiger partial charge on any atom is 0.242 e. The molecule has 1 aromatic heterocycles. The molecule has 2 heterocycles. The first-order valence-electron chi connectivity index (χ1n) is 9.16. The Hall–Kier alpha value is -2.71. The zero-order valence-corrected chi connectivity index (χ0v) is 17.9. The van der Waals surface area contributed by atoms with E-state index in [9.17, 15) is 9.59 Å². The molecule has 2 amide bonds. The van der Waals surface area contributed by atoms with E-state index in [1.807, 2.05) is 56.3 Å². The van der Waals surface area contributed by atoms with Crippen LogP contribution in [0.25, 0.3) is 10.2 Å². The molecule has 6 nitrogen and oxygen atoms in total. The highest BCUT2D eigenvalue weighted by atomic mass is 32.2. The lowest BCUT2D eigenvalue weighted by molar-refractivity contribution is -0.127. The molecule has 1 fully saturated rings. The minimum Gasteiger partial charge on any atom is -0.326 e. The first-order valence-corrected chi connectivity index (χ1v) is 10.9. The maximum absolute atomic E-state index is 12.6. The summed E-state index contributed by atoms with van der Waals surface area (Å²) in [4.78, 5) is 35.7. The van der Waals surface area contributed by atoms with Gasteiger partial charge in [-0.15, -0.1) is 0 Å². The number of fused-ring (bicyclic) bond motifs is 1. The lowest BCUT2D eigenvalue weighted by Gasteiger charge is -2.11. The quantitative estimate of drug-likeness (QED) is 0.669. The van der Waals surface area contributed by atoms with Gasteiger partial charge in [-0.3, -0.25) is 14.5 Å². The zero-order chi connectivity index (χ0) is 20.5. The second-order valence-corrected chi connectivity index (χ2v) is 9.11. The molecule has 29 heavy (non-hydrogen) atoms. The van der Waals surface area contributed by atoms with Crippen LogP contribution in [0.5, 0.6) is 0 Å². The molecule has 8 heteroatoms. The molecule has 0 radical (unpaired) electrons. The van der Waals surface area contributed by atoms with E-state index in [1.54, 1.807) is 7.05 Å². The van der Waals surface area contributed by atoms with Crippen LogP contribution in [-0.4, -0.2) is 39.2 Å². The maximum atomic E-state index is 12.6. The highest BCUT2D eigenvalue weighted by Gasteiger charge is 2.37. The number of rotatable bonds is 4. The largest absolute Gasteiger partial charge is 0.326 e. The summed E-state index contributed by atoms with van der Waals surface area (Å²) < 4.78 is 1.05. The van der Waals surface area contributed by atoms with Crippen LogP contribution >= 0.6 is 23.1 Å². The molecule has 0 unspecified atom stereocenters. The molecule has 1 N–H and O–H groups in total. The minimum atomic E-state index is -0.487. The van der Waals surface area contributed by atoms with Gasteiger partial charge in [-0.1, -0.05) is 52.9 Å². The van der Waals surface area contributed by atoms with Crippen molar-refractivity contribution in [2.75, 3.05) is 12.4 Å². The number of amidine groups is 1. The van der Waals surface area contributed by atoms with Gasteiger partial charge in [-0.2, -0.15) is 4.99 Å². The smallest absolute Gasteiger partial charge is 0.242 e. The number of aromatic nitrogens is 1. The number of benzene rings is 2. The van der Waals surface area contributed by atoms with E-state index in [0.717, 1.165) is 27.0 Å². The summed E-state index contributed by atoms with van der Waals surface area (Å²) in [5.74, 6) is -0.303. The van der Waals surface area contributed by atoms with Gasteiger partial charge in [0.1, 0.15) is 5.25 Å². The number of hydrogen-bond acceptors (Lipinski definition) is 6. The Morgan fingerprint density at radius 1 is 1.24 bits per heavy atom. The number of para-hydroxylation sites is 1. The Labute approximate surface area is 177 Å². The lowest BCUT2D eigenvalue weighted by Crippen LogP contribution is -2.30. The van der Waals surface area contributed by atoms with E-state index < -0.39 is 5.25 Å². The fraction of sp³-hybridized carbons (Fsp3) is 0.238. The number of nitrogens with one attached hydrogen (secondary N) is 1. The Bertz CT molecular complexity index is 1110. The van der Waals surface area contributed by atoms with Crippen molar-refractivity contribution in [3.05, 3.63) is 53.6 Å². The number of anilines is 1. The summed E-state index contributed by atoms with van der Waals surface area (Å²) in [7, 11) is 1.68. The van der Waals surface area contributed by atoms with Gasteiger partial charge in [-0.05, 0) is 37.6 Å². The fourth-order valence-corrected chi connectivity index (χ4v) is 5.14. The number of aliphatic imine (C=N–C) groups is 1. The highest BCUT2D eigenvalue weighted by molar-refractivity contribution is 8.15. The average Bonchev–Trinajstić information content (AvgIpc) is 3.20. The Balaban J connectivity index is 1.46. The van der Waals surface area contributed by atoms with Crippen molar-refractivity contribution in [3.63, 3.8) is 0 Å². The molecule has 1 aliphatic heterocycles. The third-order valence-electron chi connectivity index (χ3n) is 4.64. The van der Waals surface area contributed by atoms with Crippen molar-refractivity contribution >= 4 is 61.1 Å². The standard InChI is InChI=1S/C21H20N4O2S2/c1-12-8-9-14(13(2)10-12)22-18(26)11-17-19(27)25(3)21(29-17)24-20-23-15-6-4-5-7-16(15)28-20/h4-10,17H,11H2,1-3H3,(H,22,26)/t17-/m1/s1.